The Labute approximate surface area is 149 Å². The van der Waals surface area contributed by atoms with Crippen LogP contribution in [0.2, 0.25) is 0 Å². The van der Waals surface area contributed by atoms with Crippen molar-refractivity contribution >= 4 is 11.8 Å². The number of nitrogens with one attached hydrogen (secondary N) is 1. The Morgan fingerprint density at radius 2 is 1.68 bits per heavy atom. The smallest absolute Gasteiger partial charge is 0.410 e. The average molecular weight is 338 g/mol. The van der Waals surface area contributed by atoms with Crippen molar-refractivity contribution in [2.75, 3.05) is 18.4 Å². The number of hydrogen-bond donors (Lipinski definition) is 1. The number of rotatable bonds is 4. The quantitative estimate of drug-likeness (QED) is 0.860. The minimum Gasteiger partial charge on any atom is -0.410 e. The molecule has 0 spiro atoms. The fourth-order valence-corrected chi connectivity index (χ4v) is 3.01. The van der Waals surface area contributed by atoms with Crippen LogP contribution in [-0.2, 0) is 6.54 Å². The zero-order valence-electron chi connectivity index (χ0n) is 15.0. The number of likely N-dealkylation sites (tertiary alicyclic amines) is 1. The average Bonchev–Trinajstić information content (AvgIpc) is 2.59. The molecule has 0 aliphatic carbocycles. The van der Waals surface area contributed by atoms with Gasteiger partial charge in [0.25, 0.3) is 0 Å². The molecule has 4 nitrogen and oxygen atoms in total. The first-order chi connectivity index (χ1) is 12.0. The SMILES string of the molecule is CC1(C)CCN(Cc2ccc(NC(=O)Oc3ccccc3)cc2)CC1. The number of amides is 1. The molecule has 1 aliphatic rings. The van der Waals surface area contributed by atoms with Crippen LogP contribution in [0.25, 0.3) is 0 Å². The van der Waals surface area contributed by atoms with E-state index in [0.717, 1.165) is 25.3 Å². The summed E-state index contributed by atoms with van der Waals surface area (Å²) >= 11 is 0. The van der Waals surface area contributed by atoms with E-state index in [1.54, 1.807) is 12.1 Å². The molecule has 3 rings (SSSR count). The summed E-state index contributed by atoms with van der Waals surface area (Å²) in [5.74, 6) is 0.532. The summed E-state index contributed by atoms with van der Waals surface area (Å²) in [7, 11) is 0. The van der Waals surface area contributed by atoms with Crippen LogP contribution in [-0.4, -0.2) is 24.1 Å². The molecule has 25 heavy (non-hydrogen) atoms. The van der Waals surface area contributed by atoms with Crippen LogP contribution in [0.3, 0.4) is 0 Å². The lowest BCUT2D eigenvalue weighted by Crippen LogP contribution is -2.36. The summed E-state index contributed by atoms with van der Waals surface area (Å²) in [5.41, 5.74) is 2.48. The lowest BCUT2D eigenvalue weighted by Gasteiger charge is -2.36. The number of piperidine rings is 1. The number of carbonyl (C=O) groups is 1. The summed E-state index contributed by atoms with van der Waals surface area (Å²) in [6.07, 6.45) is 2.02. The molecule has 0 unspecified atom stereocenters. The van der Waals surface area contributed by atoms with Gasteiger partial charge in [-0.15, -0.1) is 0 Å². The molecular formula is C21H26N2O2. The van der Waals surface area contributed by atoms with E-state index in [9.17, 15) is 4.79 Å². The topological polar surface area (TPSA) is 41.6 Å². The second-order valence-corrected chi connectivity index (χ2v) is 7.46. The van der Waals surface area contributed by atoms with Gasteiger partial charge >= 0.3 is 6.09 Å². The Hall–Kier alpha value is -2.33. The Kier molecular flexibility index (Phi) is 5.39. The van der Waals surface area contributed by atoms with Gasteiger partial charge in [0.15, 0.2) is 0 Å². The van der Waals surface area contributed by atoms with Crippen molar-refractivity contribution in [2.45, 2.75) is 33.2 Å². The highest BCUT2D eigenvalue weighted by Crippen LogP contribution is 2.30. The number of nitrogens with zero attached hydrogens (tertiary/aromatic N) is 1. The van der Waals surface area contributed by atoms with Gasteiger partial charge in [0, 0.05) is 12.2 Å². The van der Waals surface area contributed by atoms with Crippen molar-refractivity contribution in [2.24, 2.45) is 5.41 Å². The molecule has 2 aromatic rings. The van der Waals surface area contributed by atoms with E-state index in [2.05, 4.69) is 36.2 Å². The second-order valence-electron chi connectivity index (χ2n) is 7.46. The summed E-state index contributed by atoms with van der Waals surface area (Å²) in [6.45, 7) is 7.95. The van der Waals surface area contributed by atoms with E-state index in [4.69, 9.17) is 4.74 Å². The normalized spacial score (nSPS) is 17.0. The number of benzene rings is 2. The van der Waals surface area contributed by atoms with Gasteiger partial charge in [0.2, 0.25) is 0 Å². The predicted molar refractivity (Wildman–Crippen MR) is 101 cm³/mol. The molecule has 1 heterocycles. The van der Waals surface area contributed by atoms with Gasteiger partial charge in [-0.3, -0.25) is 10.2 Å². The van der Waals surface area contributed by atoms with Crippen LogP contribution in [0, 0.1) is 5.41 Å². The molecule has 1 amide bonds. The summed E-state index contributed by atoms with van der Waals surface area (Å²) < 4.78 is 5.23. The molecule has 132 valence electrons. The highest BCUT2D eigenvalue weighted by molar-refractivity contribution is 5.86. The Bertz CT molecular complexity index is 686. The molecule has 0 bridgehead atoms. The summed E-state index contributed by atoms with van der Waals surface area (Å²) in [5, 5.41) is 2.76. The maximum atomic E-state index is 11.9. The molecule has 1 saturated heterocycles. The van der Waals surface area contributed by atoms with Gasteiger partial charge in [0.1, 0.15) is 5.75 Å². The maximum Gasteiger partial charge on any atom is 0.417 e. The highest BCUT2D eigenvalue weighted by atomic mass is 16.6. The van der Waals surface area contributed by atoms with Crippen molar-refractivity contribution in [1.29, 1.82) is 0 Å². The first-order valence-electron chi connectivity index (χ1n) is 8.85. The standard InChI is InChI=1S/C21H26N2O2/c1-21(2)12-14-23(15-13-21)16-17-8-10-18(11-9-17)22-20(24)25-19-6-4-3-5-7-19/h3-11H,12-16H2,1-2H3,(H,22,24). The first-order valence-corrected chi connectivity index (χ1v) is 8.85. The van der Waals surface area contributed by atoms with Crippen LogP contribution in [0.5, 0.6) is 5.75 Å². The molecule has 1 aliphatic heterocycles. The van der Waals surface area contributed by atoms with Crippen LogP contribution >= 0.6 is 0 Å². The van der Waals surface area contributed by atoms with Crippen LogP contribution in [0.1, 0.15) is 32.3 Å². The first kappa shape index (κ1) is 17.5. The number of para-hydroxylation sites is 1. The molecule has 1 fully saturated rings. The van der Waals surface area contributed by atoms with Crippen molar-refractivity contribution < 1.29 is 9.53 Å². The van der Waals surface area contributed by atoms with E-state index in [-0.39, 0.29) is 0 Å². The lowest BCUT2D eigenvalue weighted by molar-refractivity contribution is 0.127. The van der Waals surface area contributed by atoms with Crippen LogP contribution < -0.4 is 10.1 Å². The van der Waals surface area contributed by atoms with E-state index in [1.807, 2.05) is 30.3 Å². The zero-order chi connectivity index (χ0) is 17.7. The fraction of sp³-hybridized carbons (Fsp3) is 0.381. The van der Waals surface area contributed by atoms with E-state index >= 15 is 0 Å². The molecule has 0 saturated carbocycles. The minimum absolute atomic E-state index is 0.475. The molecule has 0 aromatic heterocycles. The highest BCUT2D eigenvalue weighted by Gasteiger charge is 2.25. The monoisotopic (exact) mass is 338 g/mol. The molecular weight excluding hydrogens is 312 g/mol. The van der Waals surface area contributed by atoms with Crippen molar-refractivity contribution in [3.8, 4) is 5.75 Å². The van der Waals surface area contributed by atoms with E-state index in [1.165, 1.54) is 18.4 Å². The summed E-state index contributed by atoms with van der Waals surface area (Å²) in [4.78, 5) is 14.4. The van der Waals surface area contributed by atoms with Gasteiger partial charge in [-0.05, 0) is 61.2 Å². The number of ether oxygens (including phenoxy) is 1. The number of carbonyl (C=O) groups excluding carboxylic acids is 1. The third-order valence-electron chi connectivity index (χ3n) is 4.77. The van der Waals surface area contributed by atoms with Gasteiger partial charge < -0.3 is 4.74 Å². The van der Waals surface area contributed by atoms with Gasteiger partial charge in [-0.1, -0.05) is 44.2 Å². The number of anilines is 1. The Morgan fingerprint density at radius 1 is 1.04 bits per heavy atom. The van der Waals surface area contributed by atoms with E-state index < -0.39 is 6.09 Å². The van der Waals surface area contributed by atoms with Crippen molar-refractivity contribution in [1.82, 2.24) is 4.90 Å². The largest absolute Gasteiger partial charge is 0.417 e. The Morgan fingerprint density at radius 3 is 2.32 bits per heavy atom. The lowest BCUT2D eigenvalue weighted by atomic mass is 9.82. The van der Waals surface area contributed by atoms with Crippen molar-refractivity contribution in [3.05, 3.63) is 60.2 Å². The van der Waals surface area contributed by atoms with Crippen LogP contribution in [0.15, 0.2) is 54.6 Å². The molecule has 1 N–H and O–H groups in total. The van der Waals surface area contributed by atoms with E-state index in [0.29, 0.717) is 11.2 Å². The van der Waals surface area contributed by atoms with Gasteiger partial charge in [0.05, 0.1) is 0 Å². The fourth-order valence-electron chi connectivity index (χ4n) is 3.01. The number of hydrogen-bond acceptors (Lipinski definition) is 3. The third kappa shape index (κ3) is 5.33. The van der Waals surface area contributed by atoms with Crippen LogP contribution in [0.4, 0.5) is 10.5 Å². The third-order valence-corrected chi connectivity index (χ3v) is 4.77. The zero-order valence-corrected chi connectivity index (χ0v) is 15.0. The van der Waals surface area contributed by atoms with Crippen molar-refractivity contribution in [3.63, 3.8) is 0 Å². The minimum atomic E-state index is -0.475. The Balaban J connectivity index is 1.49. The second kappa shape index (κ2) is 7.70. The molecule has 4 heteroatoms. The summed E-state index contributed by atoms with van der Waals surface area (Å²) in [6, 6.07) is 17.0. The van der Waals surface area contributed by atoms with Gasteiger partial charge in [-0.2, -0.15) is 0 Å². The molecule has 0 radical (unpaired) electrons. The molecule has 0 atom stereocenters. The van der Waals surface area contributed by atoms with Gasteiger partial charge in [-0.25, -0.2) is 4.79 Å². The molecule has 2 aromatic carbocycles. The predicted octanol–water partition coefficient (Wildman–Crippen LogP) is 4.92. The maximum absolute atomic E-state index is 11.9.